The Labute approximate surface area is 187 Å². The molecule has 3 aromatic rings. The molecule has 0 spiro atoms. The van der Waals surface area contributed by atoms with Gasteiger partial charge < -0.3 is 10.2 Å². The maximum absolute atomic E-state index is 12.6. The first-order chi connectivity index (χ1) is 15.1. The number of nitrogens with zero attached hydrogens (tertiary/aromatic N) is 1. The van der Waals surface area contributed by atoms with E-state index in [9.17, 15) is 9.59 Å². The Balaban J connectivity index is 1.39. The summed E-state index contributed by atoms with van der Waals surface area (Å²) in [5, 5.41) is 3.00. The van der Waals surface area contributed by atoms with Crippen molar-refractivity contribution >= 4 is 23.6 Å². The predicted molar refractivity (Wildman–Crippen MR) is 126 cm³/mol. The molecule has 0 saturated carbocycles. The molecule has 0 aliphatic carbocycles. The van der Waals surface area contributed by atoms with Gasteiger partial charge in [-0.15, -0.1) is 11.8 Å². The molecule has 1 aliphatic heterocycles. The van der Waals surface area contributed by atoms with Crippen molar-refractivity contribution < 1.29 is 9.59 Å². The van der Waals surface area contributed by atoms with Crippen molar-refractivity contribution in [1.82, 2.24) is 10.2 Å². The number of carbonyl (C=O) groups excluding carboxylic acids is 2. The molecule has 31 heavy (non-hydrogen) atoms. The van der Waals surface area contributed by atoms with Crippen LogP contribution in [-0.4, -0.2) is 29.0 Å². The van der Waals surface area contributed by atoms with Crippen molar-refractivity contribution in [3.05, 3.63) is 107 Å². The number of benzene rings is 3. The Morgan fingerprint density at radius 3 is 2.32 bits per heavy atom. The van der Waals surface area contributed by atoms with Crippen LogP contribution in [0.5, 0.6) is 0 Å². The number of hydrogen-bond acceptors (Lipinski definition) is 3. The fraction of sp³-hybridized carbons (Fsp3) is 0.231. The lowest BCUT2D eigenvalue weighted by Gasteiger charge is -2.24. The average molecular weight is 431 g/mol. The van der Waals surface area contributed by atoms with Gasteiger partial charge in [-0.3, -0.25) is 9.59 Å². The molecule has 3 aromatic carbocycles. The minimum atomic E-state index is -0.0781. The van der Waals surface area contributed by atoms with Gasteiger partial charge in [-0.1, -0.05) is 79.7 Å². The van der Waals surface area contributed by atoms with E-state index in [1.165, 1.54) is 5.56 Å². The molecule has 0 radical (unpaired) electrons. The van der Waals surface area contributed by atoms with Crippen LogP contribution in [0.25, 0.3) is 0 Å². The maximum Gasteiger partial charge on any atom is 0.251 e. The van der Waals surface area contributed by atoms with Crippen LogP contribution in [0.3, 0.4) is 0 Å². The minimum absolute atomic E-state index is 0.0251. The Hall–Kier alpha value is -3.05. The van der Waals surface area contributed by atoms with Crippen LogP contribution < -0.4 is 5.32 Å². The summed E-state index contributed by atoms with van der Waals surface area (Å²) in [7, 11) is 0. The first kappa shape index (κ1) is 21.2. The second-order valence-corrected chi connectivity index (χ2v) is 8.88. The first-order valence-corrected chi connectivity index (χ1v) is 11.5. The molecule has 0 aromatic heterocycles. The third-order valence-corrected chi connectivity index (χ3v) is 6.82. The van der Waals surface area contributed by atoms with Gasteiger partial charge >= 0.3 is 0 Å². The van der Waals surface area contributed by atoms with E-state index in [1.54, 1.807) is 11.8 Å². The molecule has 1 heterocycles. The number of rotatable bonds is 7. The van der Waals surface area contributed by atoms with E-state index in [2.05, 4.69) is 24.4 Å². The van der Waals surface area contributed by atoms with E-state index in [-0.39, 0.29) is 23.1 Å². The van der Waals surface area contributed by atoms with Crippen LogP contribution in [0.2, 0.25) is 0 Å². The van der Waals surface area contributed by atoms with Gasteiger partial charge in [-0.25, -0.2) is 0 Å². The predicted octanol–water partition coefficient (Wildman–Crippen LogP) is 4.99. The summed E-state index contributed by atoms with van der Waals surface area (Å²) >= 11 is 1.63. The molecule has 4 rings (SSSR count). The van der Waals surface area contributed by atoms with E-state index in [4.69, 9.17) is 0 Å². The highest BCUT2D eigenvalue weighted by Crippen LogP contribution is 2.39. The largest absolute Gasteiger partial charge is 0.351 e. The topological polar surface area (TPSA) is 49.4 Å². The van der Waals surface area contributed by atoms with Crippen LogP contribution >= 0.6 is 11.8 Å². The fourth-order valence-electron chi connectivity index (χ4n) is 3.73. The smallest absolute Gasteiger partial charge is 0.251 e. The van der Waals surface area contributed by atoms with E-state index in [1.807, 2.05) is 77.7 Å². The average Bonchev–Trinajstić information content (AvgIpc) is 3.18. The molecule has 158 valence electrons. The normalized spacial score (nSPS) is 16.9. The Kier molecular flexibility index (Phi) is 6.73. The van der Waals surface area contributed by atoms with Gasteiger partial charge in [-0.2, -0.15) is 0 Å². The first-order valence-electron chi connectivity index (χ1n) is 10.5. The van der Waals surface area contributed by atoms with Crippen molar-refractivity contribution in [2.45, 2.75) is 24.8 Å². The number of hydrogen-bond donors (Lipinski definition) is 1. The minimum Gasteiger partial charge on any atom is -0.351 e. The maximum atomic E-state index is 12.6. The molecule has 5 heteroatoms. The van der Waals surface area contributed by atoms with Gasteiger partial charge in [0.25, 0.3) is 5.91 Å². The van der Waals surface area contributed by atoms with Crippen LogP contribution in [0.15, 0.2) is 84.9 Å². The van der Waals surface area contributed by atoms with E-state index in [0.717, 1.165) is 11.1 Å². The highest BCUT2D eigenvalue weighted by molar-refractivity contribution is 8.00. The summed E-state index contributed by atoms with van der Waals surface area (Å²) in [6.07, 6.45) is 0. The molecule has 0 unspecified atom stereocenters. The SMILES string of the molecule is C[C@H](CNC(=O)c1ccc([C@@H]2SCC(=O)N2Cc2ccccc2)cc1)c1ccccc1. The summed E-state index contributed by atoms with van der Waals surface area (Å²) in [5.74, 6) is 0.801. The van der Waals surface area contributed by atoms with E-state index in [0.29, 0.717) is 24.4 Å². The lowest BCUT2D eigenvalue weighted by molar-refractivity contribution is -0.128. The highest BCUT2D eigenvalue weighted by Gasteiger charge is 2.32. The molecule has 1 aliphatic rings. The van der Waals surface area contributed by atoms with Gasteiger partial charge in [0.15, 0.2) is 0 Å². The monoisotopic (exact) mass is 430 g/mol. The molecule has 2 atom stereocenters. The second kappa shape index (κ2) is 9.84. The van der Waals surface area contributed by atoms with E-state index >= 15 is 0 Å². The quantitative estimate of drug-likeness (QED) is 0.574. The molecular weight excluding hydrogens is 404 g/mol. The molecule has 0 bridgehead atoms. The summed E-state index contributed by atoms with van der Waals surface area (Å²) in [6, 6.07) is 27.8. The van der Waals surface area contributed by atoms with Gasteiger partial charge in [0.05, 0.1) is 5.75 Å². The van der Waals surface area contributed by atoms with Crippen molar-refractivity contribution in [2.75, 3.05) is 12.3 Å². The van der Waals surface area contributed by atoms with Gasteiger partial charge in [0.2, 0.25) is 5.91 Å². The van der Waals surface area contributed by atoms with Gasteiger partial charge in [0.1, 0.15) is 5.37 Å². The second-order valence-electron chi connectivity index (χ2n) is 7.81. The zero-order valence-corrected chi connectivity index (χ0v) is 18.3. The van der Waals surface area contributed by atoms with Crippen molar-refractivity contribution in [1.29, 1.82) is 0 Å². The lowest BCUT2D eigenvalue weighted by atomic mass is 10.0. The van der Waals surface area contributed by atoms with Crippen LogP contribution in [0.1, 0.15) is 45.3 Å². The molecule has 4 nitrogen and oxygen atoms in total. The van der Waals surface area contributed by atoms with Crippen molar-refractivity contribution in [3.63, 3.8) is 0 Å². The van der Waals surface area contributed by atoms with Crippen LogP contribution in [0.4, 0.5) is 0 Å². The van der Waals surface area contributed by atoms with Crippen LogP contribution in [0, 0.1) is 0 Å². The number of carbonyl (C=O) groups is 2. The zero-order chi connectivity index (χ0) is 21.6. The highest BCUT2D eigenvalue weighted by atomic mass is 32.2. The molecule has 1 saturated heterocycles. The third kappa shape index (κ3) is 5.17. The zero-order valence-electron chi connectivity index (χ0n) is 17.5. The fourth-order valence-corrected chi connectivity index (χ4v) is 4.92. The van der Waals surface area contributed by atoms with Crippen LogP contribution in [-0.2, 0) is 11.3 Å². The standard InChI is InChI=1S/C26H26N2O2S/c1-19(21-10-6-3-7-11-21)16-27-25(30)22-12-14-23(15-13-22)26-28(24(29)18-31-26)17-20-8-4-2-5-9-20/h2-15,19,26H,16-18H2,1H3,(H,27,30)/t19-,26+/m1/s1. The lowest BCUT2D eigenvalue weighted by Crippen LogP contribution is -2.28. The molecular formula is C26H26N2O2S. The molecule has 1 fully saturated rings. The summed E-state index contributed by atoms with van der Waals surface area (Å²) < 4.78 is 0. The molecule has 2 amide bonds. The summed E-state index contributed by atoms with van der Waals surface area (Å²) in [6.45, 7) is 3.29. The summed E-state index contributed by atoms with van der Waals surface area (Å²) in [5.41, 5.74) is 4.00. The van der Waals surface area contributed by atoms with Gasteiger partial charge in [0, 0.05) is 18.7 Å². The van der Waals surface area contributed by atoms with Gasteiger partial charge in [-0.05, 0) is 34.7 Å². The Morgan fingerprint density at radius 2 is 1.65 bits per heavy atom. The Bertz CT molecular complexity index is 1020. The Morgan fingerprint density at radius 1 is 1.00 bits per heavy atom. The number of thioether (sulfide) groups is 1. The van der Waals surface area contributed by atoms with E-state index < -0.39 is 0 Å². The summed E-state index contributed by atoms with van der Waals surface area (Å²) in [4.78, 5) is 26.9. The number of amides is 2. The third-order valence-electron chi connectivity index (χ3n) is 5.56. The molecule has 1 N–H and O–H groups in total. The van der Waals surface area contributed by atoms with Crippen molar-refractivity contribution in [3.8, 4) is 0 Å². The number of nitrogens with one attached hydrogen (secondary N) is 1. The van der Waals surface area contributed by atoms with Crippen molar-refractivity contribution in [2.24, 2.45) is 0 Å².